The van der Waals surface area contributed by atoms with Crippen LogP contribution in [0.4, 0.5) is 0 Å². The van der Waals surface area contributed by atoms with E-state index in [2.05, 4.69) is 4.74 Å². The van der Waals surface area contributed by atoms with Crippen molar-refractivity contribution in [1.82, 2.24) is 27.4 Å². The molecule has 48 heavy (non-hydrogen) atoms. The number of hydrogen-bond acceptors (Lipinski definition) is 14. The summed E-state index contributed by atoms with van der Waals surface area (Å²) in [5.74, 6) is -2.46. The maximum atomic E-state index is 13.2. The molecule has 2 aromatic heterocycles. The van der Waals surface area contributed by atoms with Gasteiger partial charge in [-0.2, -0.15) is 0 Å². The topological polar surface area (TPSA) is 251 Å². The fourth-order valence-electron chi connectivity index (χ4n) is 4.37. The number of esters is 3. The summed E-state index contributed by atoms with van der Waals surface area (Å²) >= 11 is 0. The van der Waals surface area contributed by atoms with Crippen molar-refractivity contribution in [3.63, 3.8) is 0 Å². The molecule has 20 heteroatoms. The van der Waals surface area contributed by atoms with Crippen LogP contribution in [0.5, 0.6) is 0 Å². The average Bonchev–Trinajstić information content (AvgIpc) is 2.97. The standard InChI is InChI=1S/C28H42N6O14/c1-27(2,3)48-20(38)9-12-31-22(40)29(10-7-18(36)46-6)21(39)30(23(31)41)11-8-19(37)47-16-14-33-24(42)32(13-15-35)25(43)34(26(33)44)17-28(4,5)45/h35,45H,7-17H2,1-6H3. The van der Waals surface area contributed by atoms with Crippen molar-refractivity contribution in [2.75, 3.05) is 20.3 Å². The van der Waals surface area contributed by atoms with Crippen molar-refractivity contribution < 1.29 is 38.8 Å². The van der Waals surface area contributed by atoms with Gasteiger partial charge in [0.25, 0.3) is 0 Å². The highest BCUT2D eigenvalue weighted by atomic mass is 16.6. The number of nitrogens with zero attached hydrogens (tertiary/aromatic N) is 6. The fraction of sp³-hybridized carbons (Fsp3) is 0.679. The number of carbonyl (C=O) groups excluding carboxylic acids is 3. The van der Waals surface area contributed by atoms with E-state index in [-0.39, 0.29) is 0 Å². The maximum absolute atomic E-state index is 13.2. The molecule has 0 spiro atoms. The zero-order valence-corrected chi connectivity index (χ0v) is 27.8. The predicted octanol–water partition coefficient (Wildman–Crippen LogP) is -3.65. The summed E-state index contributed by atoms with van der Waals surface area (Å²) in [7, 11) is 1.10. The summed E-state index contributed by atoms with van der Waals surface area (Å²) in [6.07, 6.45) is -1.41. The van der Waals surface area contributed by atoms with Gasteiger partial charge in [-0.05, 0) is 34.6 Å². The second kappa shape index (κ2) is 16.3. The number of methoxy groups -OCH3 is 1. The van der Waals surface area contributed by atoms with E-state index >= 15 is 0 Å². The van der Waals surface area contributed by atoms with Gasteiger partial charge >= 0.3 is 52.0 Å². The van der Waals surface area contributed by atoms with Gasteiger partial charge < -0.3 is 24.4 Å². The van der Waals surface area contributed by atoms with Gasteiger partial charge in [-0.25, -0.2) is 56.2 Å². The normalized spacial score (nSPS) is 11.8. The molecule has 0 saturated carbocycles. The molecule has 2 N–H and O–H groups in total. The van der Waals surface area contributed by atoms with Gasteiger partial charge in [0, 0.05) is 19.6 Å². The quantitative estimate of drug-likeness (QED) is 0.128. The molecule has 0 bridgehead atoms. The van der Waals surface area contributed by atoms with Crippen LogP contribution in [0.1, 0.15) is 53.9 Å². The largest absolute Gasteiger partial charge is 0.469 e. The molecule has 0 aliphatic carbocycles. The van der Waals surface area contributed by atoms with E-state index in [1.165, 1.54) is 13.8 Å². The summed E-state index contributed by atoms with van der Waals surface area (Å²) < 4.78 is 18.3. The smallest absolute Gasteiger partial charge is 0.336 e. The first-order valence-electron chi connectivity index (χ1n) is 14.9. The molecule has 0 amide bonds. The van der Waals surface area contributed by atoms with Gasteiger partial charge in [0.15, 0.2) is 0 Å². The molecule has 0 aliphatic heterocycles. The second-order valence-corrected chi connectivity index (χ2v) is 12.2. The summed E-state index contributed by atoms with van der Waals surface area (Å²) in [6.45, 7) is 3.35. The van der Waals surface area contributed by atoms with Gasteiger partial charge in [-0.1, -0.05) is 0 Å². The molecular weight excluding hydrogens is 644 g/mol. The molecular formula is C28H42N6O14. The first-order chi connectivity index (χ1) is 22.2. The lowest BCUT2D eigenvalue weighted by Crippen LogP contribution is -2.56. The van der Waals surface area contributed by atoms with Crippen LogP contribution in [0.2, 0.25) is 0 Å². The third-order valence-electron chi connectivity index (χ3n) is 6.48. The highest BCUT2D eigenvalue weighted by Crippen LogP contribution is 2.08. The molecule has 2 heterocycles. The Balaban J connectivity index is 2.31. The summed E-state index contributed by atoms with van der Waals surface area (Å²) in [6, 6.07) is 0. The zero-order valence-electron chi connectivity index (χ0n) is 27.8. The third kappa shape index (κ3) is 10.6. The Kier molecular flexibility index (Phi) is 13.4. The summed E-state index contributed by atoms with van der Waals surface area (Å²) in [4.78, 5) is 114. The van der Waals surface area contributed by atoms with Crippen molar-refractivity contribution in [3.8, 4) is 0 Å². The molecule has 2 rings (SSSR count). The number of aliphatic hydroxyl groups excluding tert-OH is 1. The highest BCUT2D eigenvalue weighted by molar-refractivity contribution is 5.70. The molecule has 2 aromatic rings. The van der Waals surface area contributed by atoms with Gasteiger partial charge in [0.2, 0.25) is 0 Å². The van der Waals surface area contributed by atoms with E-state index in [0.29, 0.717) is 27.4 Å². The highest BCUT2D eigenvalue weighted by Gasteiger charge is 2.23. The van der Waals surface area contributed by atoms with Crippen LogP contribution in [0, 0.1) is 0 Å². The van der Waals surface area contributed by atoms with Crippen molar-refractivity contribution >= 4 is 17.9 Å². The lowest BCUT2D eigenvalue weighted by Gasteiger charge is -2.20. The minimum Gasteiger partial charge on any atom is -0.469 e. The van der Waals surface area contributed by atoms with E-state index in [1.54, 1.807) is 20.8 Å². The molecule has 0 aliphatic rings. The van der Waals surface area contributed by atoms with Crippen molar-refractivity contribution in [3.05, 3.63) is 62.9 Å². The number of rotatable bonds is 16. The van der Waals surface area contributed by atoms with Crippen LogP contribution in [0.25, 0.3) is 0 Å². The first kappa shape index (κ1) is 39.3. The Morgan fingerprint density at radius 2 is 0.958 bits per heavy atom. The Morgan fingerprint density at radius 1 is 0.583 bits per heavy atom. The Bertz CT molecular complexity index is 1860. The number of carbonyl (C=O) groups is 3. The van der Waals surface area contributed by atoms with E-state index < -0.39 is 135 Å². The van der Waals surface area contributed by atoms with Crippen molar-refractivity contribution in [1.29, 1.82) is 0 Å². The SMILES string of the molecule is COC(=O)CCn1c(=O)n(CCC(=O)OCCn2c(=O)n(CCO)c(=O)n(CC(C)(C)O)c2=O)c(=O)n(CCC(=O)OC(C)(C)C)c1=O. The molecule has 0 fully saturated rings. The number of ether oxygens (including phenoxy) is 3. The molecule has 0 atom stereocenters. The predicted molar refractivity (Wildman–Crippen MR) is 164 cm³/mol. The van der Waals surface area contributed by atoms with Crippen LogP contribution in [0.3, 0.4) is 0 Å². The van der Waals surface area contributed by atoms with Crippen LogP contribution >= 0.6 is 0 Å². The molecule has 0 unspecified atom stereocenters. The van der Waals surface area contributed by atoms with Crippen molar-refractivity contribution in [2.45, 2.75) is 104 Å². The van der Waals surface area contributed by atoms with Crippen LogP contribution in [-0.4, -0.2) is 87.0 Å². The minimum atomic E-state index is -1.52. The Hall–Kier alpha value is -4.85. The summed E-state index contributed by atoms with van der Waals surface area (Å²) in [5, 5.41) is 19.4. The van der Waals surface area contributed by atoms with Crippen LogP contribution in [-0.2, 0) is 67.9 Å². The Labute approximate surface area is 271 Å². The first-order valence-corrected chi connectivity index (χ1v) is 14.9. The van der Waals surface area contributed by atoms with Crippen molar-refractivity contribution in [2.24, 2.45) is 0 Å². The molecule has 268 valence electrons. The zero-order chi connectivity index (χ0) is 36.6. The van der Waals surface area contributed by atoms with Gasteiger partial charge in [0.1, 0.15) is 12.2 Å². The van der Waals surface area contributed by atoms with E-state index in [9.17, 15) is 53.4 Å². The lowest BCUT2D eigenvalue weighted by molar-refractivity contribution is -0.155. The second-order valence-electron chi connectivity index (χ2n) is 12.2. The number of aromatic nitrogens is 6. The lowest BCUT2D eigenvalue weighted by atomic mass is 10.1. The number of hydrogen-bond donors (Lipinski definition) is 2. The van der Waals surface area contributed by atoms with E-state index in [0.717, 1.165) is 7.11 Å². The molecule has 0 radical (unpaired) electrons. The van der Waals surface area contributed by atoms with Gasteiger partial charge in [-0.3, -0.25) is 14.4 Å². The number of aliphatic hydroxyl groups is 2. The third-order valence-corrected chi connectivity index (χ3v) is 6.48. The summed E-state index contributed by atoms with van der Waals surface area (Å²) in [5.41, 5.74) is -8.98. The average molecular weight is 687 g/mol. The molecule has 0 aromatic carbocycles. The van der Waals surface area contributed by atoms with Crippen LogP contribution < -0.4 is 34.1 Å². The van der Waals surface area contributed by atoms with E-state index in [4.69, 9.17) is 9.47 Å². The van der Waals surface area contributed by atoms with E-state index in [1.807, 2.05) is 0 Å². The Morgan fingerprint density at radius 3 is 1.35 bits per heavy atom. The minimum absolute atomic E-state index is 0.402. The van der Waals surface area contributed by atoms with Crippen LogP contribution in [0.15, 0.2) is 28.8 Å². The van der Waals surface area contributed by atoms with Gasteiger partial charge in [0.05, 0.1) is 58.2 Å². The monoisotopic (exact) mass is 686 g/mol. The van der Waals surface area contributed by atoms with Gasteiger partial charge in [-0.15, -0.1) is 0 Å². The molecule has 20 nitrogen and oxygen atoms in total. The fourth-order valence-corrected chi connectivity index (χ4v) is 4.37. The maximum Gasteiger partial charge on any atom is 0.336 e. The molecule has 0 saturated heterocycles.